The predicted octanol–water partition coefficient (Wildman–Crippen LogP) is 0.473. The van der Waals surface area contributed by atoms with E-state index < -0.39 is 11.7 Å². The quantitative estimate of drug-likeness (QED) is 0.711. The van der Waals surface area contributed by atoms with Crippen LogP contribution in [0, 0.1) is 5.82 Å². The molecule has 1 aliphatic heterocycles. The molecule has 0 fully saturated rings. The first-order valence-electron chi connectivity index (χ1n) is 4.13. The van der Waals surface area contributed by atoms with Gasteiger partial charge < -0.3 is 0 Å². The monoisotopic (exact) mass is 205 g/mol. The molecule has 0 spiro atoms. The lowest BCUT2D eigenvalue weighted by molar-refractivity contribution is 0.0972. The number of halogens is 1. The molecule has 0 saturated carbocycles. The molecule has 0 bridgehead atoms. The van der Waals surface area contributed by atoms with Gasteiger partial charge in [-0.1, -0.05) is 12.1 Å². The Bertz CT molecular complexity index is 455. The van der Waals surface area contributed by atoms with Crippen molar-refractivity contribution >= 4 is 18.2 Å². The number of benzene rings is 1. The van der Waals surface area contributed by atoms with Crippen LogP contribution >= 0.6 is 0 Å². The van der Waals surface area contributed by atoms with E-state index in [9.17, 15) is 9.18 Å². The molecule has 1 N–H and O–H groups in total. The molecule has 2 rings (SSSR count). The lowest BCUT2D eigenvalue weighted by Gasteiger charge is -2.02. The van der Waals surface area contributed by atoms with E-state index in [0.29, 0.717) is 0 Å². The summed E-state index contributed by atoms with van der Waals surface area (Å²) in [5, 5.41) is 5.81. The Balaban J connectivity index is 2.15. The largest absolute Gasteiger partial charge is 0.289 e. The first kappa shape index (κ1) is 9.32. The number of carbonyl (C=O) groups excluding carboxylic acids is 1. The second kappa shape index (κ2) is 3.87. The molecule has 5 nitrogen and oxygen atoms in total. The highest BCUT2D eigenvalue weighted by Crippen LogP contribution is 2.05. The smallest absolute Gasteiger partial charge is 0.261 e. The number of nitrogens with one attached hydrogen (secondary N) is 1. The lowest BCUT2D eigenvalue weighted by atomic mass is 10.2. The molecule has 15 heavy (non-hydrogen) atoms. The van der Waals surface area contributed by atoms with Gasteiger partial charge in [0.2, 0.25) is 0 Å². The Morgan fingerprint density at radius 1 is 1.33 bits per heavy atom. The zero-order chi connectivity index (χ0) is 10.7. The number of aliphatic imine (C=N–C) groups is 1. The van der Waals surface area contributed by atoms with Gasteiger partial charge in [-0.3, -0.25) is 10.1 Å². The second-order valence-corrected chi connectivity index (χ2v) is 2.72. The van der Waals surface area contributed by atoms with E-state index in [1.165, 1.54) is 24.5 Å². The number of amides is 1. The number of hydrogen-bond donors (Lipinski definition) is 1. The van der Waals surface area contributed by atoms with Crippen molar-refractivity contribution in [1.29, 1.82) is 0 Å². The molecule has 1 amide bonds. The summed E-state index contributed by atoms with van der Waals surface area (Å²) in [5.41, 5.74) is 3.37. The van der Waals surface area contributed by atoms with E-state index in [4.69, 9.17) is 0 Å². The summed E-state index contributed by atoms with van der Waals surface area (Å²) in [4.78, 5) is 15.1. The molecular formula is C9H6FN4O. The molecule has 1 aliphatic rings. The summed E-state index contributed by atoms with van der Waals surface area (Å²) >= 11 is 0. The molecule has 1 aromatic carbocycles. The third kappa shape index (κ3) is 1.98. The minimum absolute atomic E-state index is 0.0534. The standard InChI is InChI=1S/C9H6FN4O/c10-7-4-2-1-3-6(7)8(15)13-9-11-5-12-14-9/h1-5H,(H,13,14,15). The van der Waals surface area contributed by atoms with Gasteiger partial charge in [0.05, 0.1) is 5.56 Å². The fourth-order valence-electron chi connectivity index (χ4n) is 1.06. The van der Waals surface area contributed by atoms with Crippen molar-refractivity contribution in [3.63, 3.8) is 0 Å². The third-order valence-corrected chi connectivity index (χ3v) is 1.73. The molecule has 0 aromatic heterocycles. The van der Waals surface area contributed by atoms with Crippen molar-refractivity contribution in [2.75, 3.05) is 0 Å². The van der Waals surface area contributed by atoms with Crippen molar-refractivity contribution in [3.05, 3.63) is 35.6 Å². The Morgan fingerprint density at radius 3 is 2.80 bits per heavy atom. The summed E-state index contributed by atoms with van der Waals surface area (Å²) in [6.07, 6.45) is 1.19. The minimum atomic E-state index is -0.596. The van der Waals surface area contributed by atoms with E-state index >= 15 is 0 Å². The van der Waals surface area contributed by atoms with Crippen LogP contribution < -0.4 is 10.7 Å². The van der Waals surface area contributed by atoms with Crippen LogP contribution in [0.3, 0.4) is 0 Å². The number of rotatable bonds is 1. The van der Waals surface area contributed by atoms with Crippen LogP contribution in [0.1, 0.15) is 10.4 Å². The van der Waals surface area contributed by atoms with Crippen LogP contribution in [-0.4, -0.2) is 18.2 Å². The highest BCUT2D eigenvalue weighted by Gasteiger charge is 2.13. The van der Waals surface area contributed by atoms with E-state index in [-0.39, 0.29) is 11.5 Å². The molecule has 1 heterocycles. The van der Waals surface area contributed by atoms with Gasteiger partial charge in [-0.2, -0.15) is 4.99 Å². The molecule has 75 valence electrons. The maximum absolute atomic E-state index is 13.2. The third-order valence-electron chi connectivity index (χ3n) is 1.73. The number of nitrogens with zero attached hydrogens (tertiary/aromatic N) is 3. The number of hydrogen-bond acceptors (Lipinski definition) is 3. The summed E-state index contributed by atoms with van der Waals surface area (Å²) in [6, 6.07) is 5.66. The van der Waals surface area contributed by atoms with Crippen LogP contribution in [0.4, 0.5) is 4.39 Å². The van der Waals surface area contributed by atoms with Crippen LogP contribution in [0.5, 0.6) is 0 Å². The van der Waals surface area contributed by atoms with Crippen molar-refractivity contribution in [3.8, 4) is 0 Å². The van der Waals surface area contributed by atoms with Gasteiger partial charge in [0.25, 0.3) is 11.9 Å². The fraction of sp³-hybridized carbons (Fsp3) is 0. The van der Waals surface area contributed by atoms with Gasteiger partial charge in [0.1, 0.15) is 12.2 Å². The van der Waals surface area contributed by atoms with Gasteiger partial charge in [-0.15, -0.1) is 10.5 Å². The topological polar surface area (TPSA) is 67.9 Å². The van der Waals surface area contributed by atoms with E-state index in [1.54, 1.807) is 6.07 Å². The number of guanidine groups is 1. The van der Waals surface area contributed by atoms with Crippen molar-refractivity contribution in [1.82, 2.24) is 10.7 Å². The van der Waals surface area contributed by atoms with Crippen molar-refractivity contribution < 1.29 is 9.18 Å². The maximum Gasteiger partial charge on any atom is 0.261 e. The molecule has 0 atom stereocenters. The van der Waals surface area contributed by atoms with E-state index in [0.717, 1.165) is 0 Å². The Hall–Kier alpha value is -2.24. The molecule has 0 unspecified atom stereocenters. The normalized spacial score (nSPS) is 13.3. The molecule has 6 heteroatoms. The van der Waals surface area contributed by atoms with Crippen molar-refractivity contribution in [2.45, 2.75) is 0 Å². The van der Waals surface area contributed by atoms with E-state index in [1.807, 2.05) is 0 Å². The Labute approximate surface area is 84.7 Å². The molecule has 0 aliphatic carbocycles. The van der Waals surface area contributed by atoms with Crippen LogP contribution in [-0.2, 0) is 0 Å². The van der Waals surface area contributed by atoms with Crippen LogP contribution in [0.15, 0.2) is 34.4 Å². The molecule has 1 radical (unpaired) electrons. The molecule has 0 saturated heterocycles. The second-order valence-electron chi connectivity index (χ2n) is 2.72. The average molecular weight is 205 g/mol. The summed E-state index contributed by atoms with van der Waals surface area (Å²) < 4.78 is 13.2. The van der Waals surface area contributed by atoms with Gasteiger partial charge >= 0.3 is 0 Å². The maximum atomic E-state index is 13.2. The minimum Gasteiger partial charge on any atom is -0.289 e. The zero-order valence-corrected chi connectivity index (χ0v) is 7.51. The first-order chi connectivity index (χ1) is 7.27. The molecule has 1 aromatic rings. The zero-order valence-electron chi connectivity index (χ0n) is 7.51. The average Bonchev–Trinajstić information content (AvgIpc) is 2.71. The van der Waals surface area contributed by atoms with Crippen LogP contribution in [0.2, 0.25) is 0 Å². The fourth-order valence-corrected chi connectivity index (χ4v) is 1.06. The number of carbonyl (C=O) groups is 1. The van der Waals surface area contributed by atoms with Crippen LogP contribution in [0.25, 0.3) is 0 Å². The predicted molar refractivity (Wildman–Crippen MR) is 51.9 cm³/mol. The lowest BCUT2D eigenvalue weighted by Crippen LogP contribution is -2.29. The summed E-state index contributed by atoms with van der Waals surface area (Å²) in [6.45, 7) is 0. The first-order valence-corrected chi connectivity index (χ1v) is 4.13. The summed E-state index contributed by atoms with van der Waals surface area (Å²) in [7, 11) is 0. The Morgan fingerprint density at radius 2 is 2.13 bits per heavy atom. The van der Waals surface area contributed by atoms with E-state index in [2.05, 4.69) is 20.8 Å². The van der Waals surface area contributed by atoms with Gasteiger partial charge in [0.15, 0.2) is 0 Å². The highest BCUT2D eigenvalue weighted by atomic mass is 19.1. The van der Waals surface area contributed by atoms with Gasteiger partial charge in [0, 0.05) is 0 Å². The summed E-state index contributed by atoms with van der Waals surface area (Å²) in [5.74, 6) is -1.13. The van der Waals surface area contributed by atoms with Gasteiger partial charge in [-0.05, 0) is 12.1 Å². The highest BCUT2D eigenvalue weighted by molar-refractivity contribution is 6.08. The SMILES string of the molecule is O=C(NC1=N[N]C=N1)c1ccccc1F. The Kier molecular flexibility index (Phi) is 2.40. The molecular weight excluding hydrogens is 199 g/mol. The van der Waals surface area contributed by atoms with Crippen molar-refractivity contribution in [2.24, 2.45) is 10.1 Å². The van der Waals surface area contributed by atoms with Gasteiger partial charge in [-0.25, -0.2) is 4.39 Å².